The molecule has 0 saturated carbocycles. The molecule has 0 spiro atoms. The molecule has 0 bridgehead atoms. The van der Waals surface area contributed by atoms with Crippen LogP contribution < -0.4 is 0 Å². The van der Waals surface area contributed by atoms with Crippen LogP contribution in [0.25, 0.3) is 39.1 Å². The van der Waals surface area contributed by atoms with Crippen molar-refractivity contribution in [3.63, 3.8) is 0 Å². The predicted molar refractivity (Wildman–Crippen MR) is 138 cm³/mol. The molecular formula is C27H23ClF2N6O. The highest BCUT2D eigenvalue weighted by Crippen LogP contribution is 2.30. The monoisotopic (exact) mass is 520 g/mol. The molecule has 0 atom stereocenters. The molecule has 3 aromatic heterocycles. The highest BCUT2D eigenvalue weighted by Gasteiger charge is 2.14. The average Bonchev–Trinajstić information content (AvgIpc) is 3.55. The topological polar surface area (TPSA) is 61.0 Å². The lowest BCUT2D eigenvalue weighted by molar-refractivity contribution is 0.0360. The second-order valence-electron chi connectivity index (χ2n) is 8.93. The molecular weight excluding hydrogens is 498 g/mol. The first kappa shape index (κ1) is 23.7. The molecule has 5 aromatic rings. The van der Waals surface area contributed by atoms with Crippen LogP contribution in [0.1, 0.15) is 0 Å². The third-order valence-corrected chi connectivity index (χ3v) is 6.73. The Hall–Kier alpha value is -3.66. The van der Waals surface area contributed by atoms with Crippen LogP contribution in [0, 0.1) is 11.6 Å². The van der Waals surface area contributed by atoms with Gasteiger partial charge >= 0.3 is 0 Å². The summed E-state index contributed by atoms with van der Waals surface area (Å²) in [6.45, 7) is 5.22. The first-order valence-electron chi connectivity index (χ1n) is 12.0. The molecule has 0 unspecified atom stereocenters. The molecule has 0 N–H and O–H groups in total. The van der Waals surface area contributed by atoms with Gasteiger partial charge in [-0.15, -0.1) is 0 Å². The van der Waals surface area contributed by atoms with E-state index in [2.05, 4.69) is 20.0 Å². The zero-order valence-electron chi connectivity index (χ0n) is 19.8. The largest absolute Gasteiger partial charge is 0.379 e. The SMILES string of the molecule is Fc1ccc(-c2cc(Cl)nc(-n3cnc4cc(-c5cnn(CCN6CCOCC6)c5)ccc43)c2)c(F)c1. The van der Waals surface area contributed by atoms with E-state index in [1.54, 1.807) is 23.0 Å². The van der Waals surface area contributed by atoms with Gasteiger partial charge in [-0.05, 0) is 47.5 Å². The number of pyridine rings is 1. The first-order chi connectivity index (χ1) is 18.0. The smallest absolute Gasteiger partial charge is 0.140 e. The third kappa shape index (κ3) is 4.98. The van der Waals surface area contributed by atoms with Crippen LogP contribution in [-0.2, 0) is 11.3 Å². The van der Waals surface area contributed by atoms with Crippen LogP contribution in [0.5, 0.6) is 0 Å². The van der Waals surface area contributed by atoms with Gasteiger partial charge in [-0.3, -0.25) is 14.1 Å². The fourth-order valence-corrected chi connectivity index (χ4v) is 4.77. The Morgan fingerprint density at radius 2 is 1.78 bits per heavy atom. The minimum Gasteiger partial charge on any atom is -0.379 e. The van der Waals surface area contributed by atoms with E-state index in [0.29, 0.717) is 11.4 Å². The zero-order valence-corrected chi connectivity index (χ0v) is 20.6. The van der Waals surface area contributed by atoms with Crippen molar-refractivity contribution in [3.8, 4) is 28.1 Å². The van der Waals surface area contributed by atoms with Crippen LogP contribution in [0.4, 0.5) is 8.78 Å². The predicted octanol–water partition coefficient (Wildman–Crippen LogP) is 5.21. The van der Waals surface area contributed by atoms with Gasteiger partial charge in [0.05, 0.1) is 37.0 Å². The number of morpholine rings is 1. The van der Waals surface area contributed by atoms with Gasteiger partial charge in [-0.1, -0.05) is 17.7 Å². The Balaban J connectivity index is 1.26. The Morgan fingerprint density at radius 3 is 2.62 bits per heavy atom. The summed E-state index contributed by atoms with van der Waals surface area (Å²) >= 11 is 6.27. The number of imidazole rings is 1. The quantitative estimate of drug-likeness (QED) is 0.287. The maximum atomic E-state index is 14.4. The van der Waals surface area contributed by atoms with E-state index in [4.69, 9.17) is 16.3 Å². The first-order valence-corrected chi connectivity index (χ1v) is 12.3. The number of halogens is 3. The number of ether oxygens (including phenoxy) is 1. The molecule has 4 heterocycles. The molecule has 1 aliphatic rings. The molecule has 1 saturated heterocycles. The molecule has 7 nitrogen and oxygen atoms in total. The van der Waals surface area contributed by atoms with Crippen molar-refractivity contribution < 1.29 is 13.5 Å². The summed E-state index contributed by atoms with van der Waals surface area (Å²) in [6, 6.07) is 12.7. The highest BCUT2D eigenvalue weighted by molar-refractivity contribution is 6.29. The summed E-state index contributed by atoms with van der Waals surface area (Å²) in [5.74, 6) is -0.822. The van der Waals surface area contributed by atoms with Crippen molar-refractivity contribution in [3.05, 3.63) is 84.0 Å². The van der Waals surface area contributed by atoms with Crippen LogP contribution >= 0.6 is 11.6 Å². The molecule has 6 rings (SSSR count). The van der Waals surface area contributed by atoms with Gasteiger partial charge in [0.25, 0.3) is 0 Å². The maximum Gasteiger partial charge on any atom is 0.140 e. The Bertz CT molecular complexity index is 1580. The van der Waals surface area contributed by atoms with Gasteiger partial charge in [0.15, 0.2) is 0 Å². The second-order valence-corrected chi connectivity index (χ2v) is 9.31. The van der Waals surface area contributed by atoms with Crippen molar-refractivity contribution in [1.29, 1.82) is 0 Å². The number of benzene rings is 2. The molecule has 2 aromatic carbocycles. The van der Waals surface area contributed by atoms with Crippen molar-refractivity contribution in [2.24, 2.45) is 0 Å². The molecule has 0 radical (unpaired) electrons. The molecule has 1 aliphatic heterocycles. The minimum atomic E-state index is -0.668. The van der Waals surface area contributed by atoms with E-state index in [1.165, 1.54) is 12.1 Å². The number of hydrogen-bond acceptors (Lipinski definition) is 5. The molecule has 1 fully saturated rings. The lowest BCUT2D eigenvalue weighted by Gasteiger charge is -2.26. The van der Waals surface area contributed by atoms with E-state index in [0.717, 1.165) is 67.6 Å². The van der Waals surface area contributed by atoms with E-state index >= 15 is 0 Å². The van der Waals surface area contributed by atoms with Crippen LogP contribution in [0.15, 0.2) is 67.3 Å². The Labute approximate surface area is 216 Å². The molecule has 188 valence electrons. The highest BCUT2D eigenvalue weighted by atomic mass is 35.5. The summed E-state index contributed by atoms with van der Waals surface area (Å²) in [5.41, 5.74) is 4.34. The number of aromatic nitrogens is 5. The maximum absolute atomic E-state index is 14.4. The Morgan fingerprint density at radius 1 is 0.919 bits per heavy atom. The van der Waals surface area contributed by atoms with Crippen molar-refractivity contribution >= 4 is 22.6 Å². The van der Waals surface area contributed by atoms with E-state index < -0.39 is 11.6 Å². The molecule has 10 heteroatoms. The van der Waals surface area contributed by atoms with E-state index in [-0.39, 0.29) is 10.7 Å². The molecule has 0 amide bonds. The number of fused-ring (bicyclic) bond motifs is 1. The van der Waals surface area contributed by atoms with E-state index in [9.17, 15) is 8.78 Å². The molecule has 37 heavy (non-hydrogen) atoms. The summed E-state index contributed by atoms with van der Waals surface area (Å²) in [7, 11) is 0. The van der Waals surface area contributed by atoms with Crippen LogP contribution in [0.3, 0.4) is 0 Å². The Kier molecular flexibility index (Phi) is 6.42. The lowest BCUT2D eigenvalue weighted by Crippen LogP contribution is -2.38. The van der Waals surface area contributed by atoms with Crippen LogP contribution in [-0.4, -0.2) is 62.1 Å². The fourth-order valence-electron chi connectivity index (χ4n) is 4.56. The number of rotatable bonds is 6. The lowest BCUT2D eigenvalue weighted by atomic mass is 10.1. The minimum absolute atomic E-state index is 0.194. The van der Waals surface area contributed by atoms with Crippen molar-refractivity contribution in [2.75, 3.05) is 32.8 Å². The second kappa shape index (κ2) is 10.0. The van der Waals surface area contributed by atoms with Gasteiger partial charge < -0.3 is 4.74 Å². The van der Waals surface area contributed by atoms with Gasteiger partial charge in [-0.2, -0.15) is 5.10 Å². The van der Waals surface area contributed by atoms with Gasteiger partial charge in [0, 0.05) is 43.0 Å². The fraction of sp³-hybridized carbons (Fsp3) is 0.222. The van der Waals surface area contributed by atoms with Crippen LogP contribution in [0.2, 0.25) is 5.15 Å². The normalized spacial score (nSPS) is 14.5. The van der Waals surface area contributed by atoms with Crippen molar-refractivity contribution in [2.45, 2.75) is 6.54 Å². The van der Waals surface area contributed by atoms with Gasteiger partial charge in [0.1, 0.15) is 28.9 Å². The number of nitrogens with zero attached hydrogens (tertiary/aromatic N) is 6. The van der Waals surface area contributed by atoms with Gasteiger partial charge in [0.2, 0.25) is 0 Å². The summed E-state index contributed by atoms with van der Waals surface area (Å²) < 4.78 is 37.0. The van der Waals surface area contributed by atoms with Crippen molar-refractivity contribution in [1.82, 2.24) is 29.2 Å². The third-order valence-electron chi connectivity index (χ3n) is 6.53. The summed E-state index contributed by atoms with van der Waals surface area (Å²) in [5, 5.41) is 4.72. The average molecular weight is 521 g/mol. The summed E-state index contributed by atoms with van der Waals surface area (Å²) in [6.07, 6.45) is 5.56. The zero-order chi connectivity index (χ0) is 25.4. The number of hydrogen-bond donors (Lipinski definition) is 0. The van der Waals surface area contributed by atoms with Gasteiger partial charge in [-0.25, -0.2) is 18.7 Å². The standard InChI is InChI=1S/C27H23ClF2N6O/c28-26-12-19(22-3-2-21(29)14-23(22)30)13-27(33-26)36-17-31-24-11-18(1-4-25(24)36)20-15-32-35(16-20)6-5-34-7-9-37-10-8-34/h1-4,11-17H,5-10H2. The van der Waals surface area contributed by atoms with E-state index in [1.807, 2.05) is 35.3 Å². The molecule has 0 aliphatic carbocycles. The summed E-state index contributed by atoms with van der Waals surface area (Å²) in [4.78, 5) is 11.3.